The largest absolute Gasteiger partial charge is 0.499 e. The van der Waals surface area contributed by atoms with Gasteiger partial charge in [0.2, 0.25) is 5.76 Å². The van der Waals surface area contributed by atoms with E-state index in [2.05, 4.69) is 0 Å². The van der Waals surface area contributed by atoms with Crippen molar-refractivity contribution in [2.75, 3.05) is 13.2 Å². The van der Waals surface area contributed by atoms with Crippen LogP contribution in [0.5, 0.6) is 0 Å². The molecule has 7 nitrogen and oxygen atoms in total. The van der Waals surface area contributed by atoms with Crippen LogP contribution in [0.4, 0.5) is 0 Å². The fourth-order valence-electron chi connectivity index (χ4n) is 2.57. The van der Waals surface area contributed by atoms with Crippen molar-refractivity contribution in [3.63, 3.8) is 0 Å². The summed E-state index contributed by atoms with van der Waals surface area (Å²) < 4.78 is 21.6. The van der Waals surface area contributed by atoms with E-state index in [0.29, 0.717) is 5.56 Å². The molecule has 0 radical (unpaired) electrons. The third kappa shape index (κ3) is 3.27. The molecule has 2 aliphatic rings. The molecule has 2 aliphatic heterocycles. The summed E-state index contributed by atoms with van der Waals surface area (Å²) in [7, 11) is 0. The van der Waals surface area contributed by atoms with Crippen LogP contribution in [0, 0.1) is 0 Å². The van der Waals surface area contributed by atoms with E-state index in [1.54, 1.807) is 44.2 Å². The minimum Gasteiger partial charge on any atom is -0.499 e. The molecule has 0 spiro atoms. The number of esters is 1. The normalized spacial score (nSPS) is 25.7. The lowest BCUT2D eigenvalue weighted by molar-refractivity contribution is -0.163. The topological polar surface area (TPSA) is 91.3 Å². The molecule has 1 saturated heterocycles. The molecule has 0 unspecified atom stereocenters. The Labute approximate surface area is 138 Å². The van der Waals surface area contributed by atoms with Gasteiger partial charge in [-0.2, -0.15) is 0 Å². The highest BCUT2D eigenvalue weighted by atomic mass is 16.8. The summed E-state index contributed by atoms with van der Waals surface area (Å²) in [4.78, 5) is 23.7. The van der Waals surface area contributed by atoms with Crippen LogP contribution in [0.25, 0.3) is 0 Å². The number of hydrogen-bond donors (Lipinski definition) is 1. The van der Waals surface area contributed by atoms with Gasteiger partial charge in [0.05, 0.1) is 6.61 Å². The van der Waals surface area contributed by atoms with Crippen molar-refractivity contribution in [3.8, 4) is 0 Å². The van der Waals surface area contributed by atoms with Crippen LogP contribution in [0.2, 0.25) is 0 Å². The molecule has 2 heterocycles. The summed E-state index contributed by atoms with van der Waals surface area (Å²) in [5, 5.41) is 9.87. The summed E-state index contributed by atoms with van der Waals surface area (Å²) in [5.41, 5.74) is 0.473. The zero-order valence-electron chi connectivity index (χ0n) is 13.4. The van der Waals surface area contributed by atoms with E-state index in [4.69, 9.17) is 18.9 Å². The van der Waals surface area contributed by atoms with Crippen LogP contribution in [-0.4, -0.2) is 48.1 Å². The molecular weight excluding hydrogens is 316 g/mol. The molecule has 0 saturated carbocycles. The molecule has 0 bridgehead atoms. The van der Waals surface area contributed by atoms with Crippen molar-refractivity contribution < 1.29 is 33.6 Å². The fourth-order valence-corrected chi connectivity index (χ4v) is 2.57. The van der Waals surface area contributed by atoms with Gasteiger partial charge in [-0.05, 0) is 13.8 Å². The first kappa shape index (κ1) is 16.5. The fraction of sp³-hybridized carbons (Fsp3) is 0.412. The van der Waals surface area contributed by atoms with Gasteiger partial charge in [0, 0.05) is 5.56 Å². The highest BCUT2D eigenvalue weighted by Gasteiger charge is 2.47. The maximum Gasteiger partial charge on any atom is 0.378 e. The van der Waals surface area contributed by atoms with Gasteiger partial charge in [0.25, 0.3) is 0 Å². The van der Waals surface area contributed by atoms with Crippen LogP contribution in [0.3, 0.4) is 0 Å². The second kappa shape index (κ2) is 6.26. The molecule has 1 aromatic rings. The minimum absolute atomic E-state index is 0.101. The third-order valence-corrected chi connectivity index (χ3v) is 3.74. The summed E-state index contributed by atoms with van der Waals surface area (Å²) in [6.07, 6.45) is -1.56. The first-order chi connectivity index (χ1) is 11.4. The van der Waals surface area contributed by atoms with Crippen LogP contribution >= 0.6 is 0 Å². The minimum atomic E-state index is -0.942. The van der Waals surface area contributed by atoms with Gasteiger partial charge < -0.3 is 24.1 Å². The smallest absolute Gasteiger partial charge is 0.378 e. The Hall–Kier alpha value is -2.38. The molecule has 3 rings (SSSR count). The van der Waals surface area contributed by atoms with Crippen LogP contribution in [-0.2, 0) is 23.7 Å². The molecule has 1 fully saturated rings. The Bertz CT molecular complexity index is 677. The van der Waals surface area contributed by atoms with Gasteiger partial charge in [0.1, 0.15) is 6.10 Å². The molecule has 128 valence electrons. The average Bonchev–Trinajstić information content (AvgIpc) is 3.06. The number of carbonyl (C=O) groups excluding carboxylic acids is 2. The molecule has 0 aromatic heterocycles. The lowest BCUT2D eigenvalue weighted by Crippen LogP contribution is -2.33. The molecule has 2 atom stereocenters. The van der Waals surface area contributed by atoms with Crippen LogP contribution < -0.4 is 0 Å². The number of Topliss-reactive ketones (excluding diaryl/α,β-unsaturated/α-hetero) is 1. The Morgan fingerprint density at radius 3 is 2.67 bits per heavy atom. The third-order valence-electron chi connectivity index (χ3n) is 3.74. The van der Waals surface area contributed by atoms with E-state index in [0.717, 1.165) is 0 Å². The Morgan fingerprint density at radius 2 is 2.04 bits per heavy atom. The van der Waals surface area contributed by atoms with Gasteiger partial charge in [-0.3, -0.25) is 4.79 Å². The van der Waals surface area contributed by atoms with E-state index in [1.807, 2.05) is 0 Å². The quantitative estimate of drug-likeness (QED) is 0.647. The summed E-state index contributed by atoms with van der Waals surface area (Å²) in [5.74, 6) is -2.75. The lowest BCUT2D eigenvalue weighted by Gasteiger charge is -2.21. The van der Waals surface area contributed by atoms with Gasteiger partial charge >= 0.3 is 5.97 Å². The van der Waals surface area contributed by atoms with E-state index in [9.17, 15) is 14.7 Å². The highest BCUT2D eigenvalue weighted by molar-refractivity contribution is 5.97. The van der Waals surface area contributed by atoms with Crippen molar-refractivity contribution in [1.29, 1.82) is 0 Å². The maximum absolute atomic E-state index is 12.1. The maximum atomic E-state index is 12.1. The van der Waals surface area contributed by atoms with Crippen molar-refractivity contribution >= 4 is 11.8 Å². The van der Waals surface area contributed by atoms with E-state index < -0.39 is 29.7 Å². The predicted molar refractivity (Wildman–Crippen MR) is 81.2 cm³/mol. The summed E-state index contributed by atoms with van der Waals surface area (Å²) in [6, 6.07) is 8.58. The number of benzene rings is 1. The number of aliphatic hydroxyl groups excluding tert-OH is 1. The zero-order valence-corrected chi connectivity index (χ0v) is 13.4. The van der Waals surface area contributed by atoms with E-state index in [1.165, 1.54) is 0 Å². The number of rotatable bonds is 5. The second-order valence-electron chi connectivity index (χ2n) is 5.98. The highest BCUT2D eigenvalue weighted by Crippen LogP contribution is 2.33. The van der Waals surface area contributed by atoms with Crippen LogP contribution in [0.1, 0.15) is 24.2 Å². The van der Waals surface area contributed by atoms with Gasteiger partial charge in [-0.1, -0.05) is 30.3 Å². The first-order valence-electron chi connectivity index (χ1n) is 7.54. The van der Waals surface area contributed by atoms with Crippen molar-refractivity contribution in [2.24, 2.45) is 0 Å². The number of aliphatic hydroxyl groups is 1. The van der Waals surface area contributed by atoms with Gasteiger partial charge in [0.15, 0.2) is 30.0 Å². The zero-order chi connectivity index (χ0) is 17.3. The Kier molecular flexibility index (Phi) is 4.29. The number of ether oxygens (including phenoxy) is 4. The second-order valence-corrected chi connectivity index (χ2v) is 5.98. The van der Waals surface area contributed by atoms with E-state index >= 15 is 0 Å². The van der Waals surface area contributed by atoms with Crippen LogP contribution in [0.15, 0.2) is 41.9 Å². The first-order valence-corrected chi connectivity index (χ1v) is 7.54. The molecule has 1 N–H and O–H groups in total. The number of cyclic esters (lactones) is 1. The SMILES string of the molecule is CC1(C)OC[C@@H]([C@H]2OC(=O)C(O)=C2OCC(=O)c2ccccc2)O1. The number of hydrogen-bond acceptors (Lipinski definition) is 7. The molecular formula is C17H18O7. The molecule has 7 heteroatoms. The molecule has 0 amide bonds. The van der Waals surface area contributed by atoms with Crippen molar-refractivity contribution in [3.05, 3.63) is 47.4 Å². The monoisotopic (exact) mass is 334 g/mol. The number of carbonyl (C=O) groups is 2. The summed E-state index contributed by atoms with van der Waals surface area (Å²) in [6.45, 7) is 3.31. The van der Waals surface area contributed by atoms with Gasteiger partial charge in [-0.15, -0.1) is 0 Å². The lowest BCUT2D eigenvalue weighted by atomic mass is 10.1. The van der Waals surface area contributed by atoms with Gasteiger partial charge in [-0.25, -0.2) is 4.79 Å². The van der Waals surface area contributed by atoms with Crippen molar-refractivity contribution in [2.45, 2.75) is 31.8 Å². The standard InChI is InChI=1S/C17H18O7/c1-17(2)22-9-12(24-17)14-15(13(19)16(20)23-14)21-8-11(18)10-6-4-3-5-7-10/h3-7,12,14,19H,8-9H2,1-2H3/t12-,14+/m0/s1. The van der Waals surface area contributed by atoms with Crippen molar-refractivity contribution in [1.82, 2.24) is 0 Å². The molecule has 0 aliphatic carbocycles. The molecule has 24 heavy (non-hydrogen) atoms. The Morgan fingerprint density at radius 1 is 1.33 bits per heavy atom. The van der Waals surface area contributed by atoms with E-state index in [-0.39, 0.29) is 24.8 Å². The Balaban J connectivity index is 1.70. The predicted octanol–water partition coefficient (Wildman–Crippen LogP) is 1.73. The number of ketones is 1. The average molecular weight is 334 g/mol. The summed E-state index contributed by atoms with van der Waals surface area (Å²) >= 11 is 0. The molecule has 1 aromatic carbocycles.